The van der Waals surface area contributed by atoms with E-state index in [4.69, 9.17) is 15.8 Å². The molecule has 4 N–H and O–H groups in total. The summed E-state index contributed by atoms with van der Waals surface area (Å²) in [4.78, 5) is 37.1. The number of nitrogens with two attached hydrogens (primary N) is 1. The smallest absolute Gasteiger partial charge is 0.356 e. The number of carboxylic acids is 1. The quantitative estimate of drug-likeness (QED) is 0.177. The maximum atomic E-state index is 13.1. The molecular formula is C44H44F2N12O3. The molecule has 2 aliphatic rings. The predicted octanol–water partition coefficient (Wildman–Crippen LogP) is 5.87. The number of carbonyl (C=O) groups is 2. The van der Waals surface area contributed by atoms with Crippen molar-refractivity contribution in [1.29, 1.82) is 0 Å². The second-order valence-electron chi connectivity index (χ2n) is 15.0. The van der Waals surface area contributed by atoms with Gasteiger partial charge in [0.1, 0.15) is 11.6 Å². The molecule has 61 heavy (non-hydrogen) atoms. The summed E-state index contributed by atoms with van der Waals surface area (Å²) in [5, 5.41) is 19.9. The number of benzene rings is 2. The van der Waals surface area contributed by atoms with E-state index >= 15 is 0 Å². The Bertz CT molecular complexity index is 2790. The zero-order valence-corrected chi connectivity index (χ0v) is 33.5. The van der Waals surface area contributed by atoms with Gasteiger partial charge in [-0.3, -0.25) is 4.79 Å². The summed E-state index contributed by atoms with van der Waals surface area (Å²) in [5.74, 6) is 0.0541. The highest BCUT2D eigenvalue weighted by atomic mass is 19.1. The minimum atomic E-state index is -1.09. The Morgan fingerprint density at radius 2 is 1.16 bits per heavy atom. The average molecular weight is 827 g/mol. The van der Waals surface area contributed by atoms with Crippen LogP contribution in [0.25, 0.3) is 22.4 Å². The highest BCUT2D eigenvalue weighted by molar-refractivity contribution is 5.92. The maximum Gasteiger partial charge on any atom is 0.356 e. The number of fused-ring (bicyclic) bond motifs is 2. The standard InChI is InChI=1S/C22H21FN6O.C12H16N4.C10H7FN2O2/c1-15-13-27-10-2-3-20(27)21(24-15)28-11-8-17(14-28)25-22(30)19-9-12-29(26-19)18-6-4-16(23)5-7-18;1-9-7-15-5-2-3-11(15)12(14-9)16-6-4-10(13)8-16;11-7-1-3-8(4-2-7)13-6-5-9(12-13)10(14)15/h2-7,9-10,12-13,17H,8,11,14H2,1H3,(H,25,30);2-3,5,7,10H,4,6,8,13H2,1H3;1-6H,(H,14,15)/t17-;10-;/m00./s1. The van der Waals surface area contributed by atoms with Crippen LogP contribution in [0.5, 0.6) is 0 Å². The van der Waals surface area contributed by atoms with Gasteiger partial charge in [0.2, 0.25) is 0 Å². The molecular weight excluding hydrogens is 783 g/mol. The van der Waals surface area contributed by atoms with E-state index < -0.39 is 5.97 Å². The molecule has 15 nitrogen and oxygen atoms in total. The lowest BCUT2D eigenvalue weighted by Crippen LogP contribution is -2.37. The summed E-state index contributed by atoms with van der Waals surface area (Å²) in [7, 11) is 0. The fourth-order valence-electron chi connectivity index (χ4n) is 7.43. The summed E-state index contributed by atoms with van der Waals surface area (Å²) >= 11 is 0. The number of carbonyl (C=O) groups excluding carboxylic acids is 1. The lowest BCUT2D eigenvalue weighted by Gasteiger charge is -2.19. The molecule has 17 heteroatoms. The monoisotopic (exact) mass is 826 g/mol. The molecule has 0 spiro atoms. The van der Waals surface area contributed by atoms with Crippen molar-refractivity contribution in [3.63, 3.8) is 0 Å². The zero-order chi connectivity index (χ0) is 42.6. The number of amides is 1. The maximum absolute atomic E-state index is 13.1. The normalized spacial score (nSPS) is 16.0. The van der Waals surface area contributed by atoms with Gasteiger partial charge in [0.25, 0.3) is 5.91 Å². The van der Waals surface area contributed by atoms with E-state index in [2.05, 4.69) is 69.7 Å². The van der Waals surface area contributed by atoms with Crippen molar-refractivity contribution in [2.75, 3.05) is 36.0 Å². The highest BCUT2D eigenvalue weighted by Gasteiger charge is 2.27. The number of hydrogen-bond donors (Lipinski definition) is 3. The van der Waals surface area contributed by atoms with Crippen molar-refractivity contribution in [2.45, 2.75) is 38.8 Å². The van der Waals surface area contributed by atoms with Gasteiger partial charge in [-0.25, -0.2) is 32.9 Å². The number of nitrogens with zero attached hydrogens (tertiary/aromatic N) is 10. The van der Waals surface area contributed by atoms with Gasteiger partial charge in [0.15, 0.2) is 23.0 Å². The number of aromatic carboxylic acids is 1. The molecule has 0 aliphatic carbocycles. The second kappa shape index (κ2) is 17.4. The topological polar surface area (TPSA) is 169 Å². The lowest BCUT2D eigenvalue weighted by atomic mass is 10.2. The largest absolute Gasteiger partial charge is 0.476 e. The third kappa shape index (κ3) is 9.26. The number of halogens is 2. The molecule has 2 aromatic carbocycles. The third-order valence-corrected chi connectivity index (χ3v) is 10.4. The van der Waals surface area contributed by atoms with Crippen molar-refractivity contribution in [1.82, 2.24) is 43.6 Å². The van der Waals surface area contributed by atoms with Crippen LogP contribution in [0.2, 0.25) is 0 Å². The number of rotatable bonds is 7. The fourth-order valence-corrected chi connectivity index (χ4v) is 7.43. The number of anilines is 2. The van der Waals surface area contributed by atoms with Crippen molar-refractivity contribution >= 4 is 34.5 Å². The van der Waals surface area contributed by atoms with Crippen molar-refractivity contribution < 1.29 is 23.5 Å². The molecule has 2 atom stereocenters. The molecule has 10 rings (SSSR count). The molecule has 8 heterocycles. The van der Waals surface area contributed by atoms with Crippen LogP contribution in [0.1, 0.15) is 45.2 Å². The summed E-state index contributed by atoms with van der Waals surface area (Å²) in [6.45, 7) is 7.46. The van der Waals surface area contributed by atoms with E-state index in [1.807, 2.05) is 32.3 Å². The molecule has 2 saturated heterocycles. The molecule has 0 radical (unpaired) electrons. The average Bonchev–Trinajstić information content (AvgIpc) is 4.10. The Hall–Kier alpha value is -7.40. The van der Waals surface area contributed by atoms with E-state index in [1.54, 1.807) is 29.1 Å². The van der Waals surface area contributed by atoms with Crippen molar-refractivity contribution in [2.24, 2.45) is 5.73 Å². The SMILES string of the molecule is Cc1cn2cccc2c(N2CC[C@H](N)C2)n1.Cc1cn2cccc2c(N2CC[C@H](NC(=O)c3ccn(-c4ccc(F)cc4)n3)C2)n1.O=C(O)c1ccn(-c2ccc(F)cc2)n1. The van der Waals surface area contributed by atoms with Crippen LogP contribution in [-0.4, -0.2) is 93.6 Å². The summed E-state index contributed by atoms with van der Waals surface area (Å²) in [6.07, 6.45) is 13.2. The minimum Gasteiger partial charge on any atom is -0.476 e. The van der Waals surface area contributed by atoms with Crippen molar-refractivity contribution in [3.05, 3.63) is 157 Å². The first-order chi connectivity index (χ1) is 29.5. The summed E-state index contributed by atoms with van der Waals surface area (Å²) in [6, 6.07) is 23.2. The zero-order valence-electron chi connectivity index (χ0n) is 33.5. The van der Waals surface area contributed by atoms with E-state index in [1.165, 1.54) is 58.9 Å². The van der Waals surface area contributed by atoms with Crippen LogP contribution in [0.4, 0.5) is 20.4 Å². The summed E-state index contributed by atoms with van der Waals surface area (Å²) in [5.41, 5.74) is 11.8. The molecule has 0 bridgehead atoms. The Balaban J connectivity index is 0.000000139. The second-order valence-corrected chi connectivity index (χ2v) is 15.0. The van der Waals surface area contributed by atoms with Gasteiger partial charge in [-0.2, -0.15) is 10.2 Å². The number of aryl methyl sites for hydroxylation is 2. The van der Waals surface area contributed by atoms with Gasteiger partial charge >= 0.3 is 5.97 Å². The van der Waals surface area contributed by atoms with E-state index in [0.717, 1.165) is 61.0 Å². The molecule has 1 amide bonds. The van der Waals surface area contributed by atoms with E-state index in [-0.39, 0.29) is 35.3 Å². The molecule has 6 aromatic heterocycles. The Morgan fingerprint density at radius 1 is 0.672 bits per heavy atom. The molecule has 312 valence electrons. The molecule has 8 aromatic rings. The van der Waals surface area contributed by atoms with E-state index in [9.17, 15) is 18.4 Å². The van der Waals surface area contributed by atoms with Crippen LogP contribution in [-0.2, 0) is 0 Å². The Kier molecular flexibility index (Phi) is 11.5. The van der Waals surface area contributed by atoms with Crippen LogP contribution in [0, 0.1) is 25.5 Å². The van der Waals surface area contributed by atoms with Gasteiger partial charge in [0, 0.05) is 75.4 Å². The third-order valence-electron chi connectivity index (χ3n) is 10.4. The van der Waals surface area contributed by atoms with Gasteiger partial charge < -0.3 is 34.8 Å². The minimum absolute atomic E-state index is 0.0193. The first-order valence-corrected chi connectivity index (χ1v) is 19.8. The van der Waals surface area contributed by atoms with Crippen LogP contribution in [0.15, 0.2) is 122 Å². The summed E-state index contributed by atoms with van der Waals surface area (Å²) < 4.78 is 32.9. The van der Waals surface area contributed by atoms with Crippen LogP contribution < -0.4 is 20.9 Å². The van der Waals surface area contributed by atoms with Gasteiger partial charge in [0.05, 0.1) is 33.8 Å². The highest BCUT2D eigenvalue weighted by Crippen LogP contribution is 2.26. The molecule has 0 saturated carbocycles. The Morgan fingerprint density at radius 3 is 1.66 bits per heavy atom. The predicted molar refractivity (Wildman–Crippen MR) is 227 cm³/mol. The van der Waals surface area contributed by atoms with Gasteiger partial charge in [-0.1, -0.05) is 0 Å². The molecule has 2 aliphatic heterocycles. The number of nitrogens with one attached hydrogen (secondary N) is 1. The first-order valence-electron chi connectivity index (χ1n) is 19.8. The molecule has 2 fully saturated rings. The number of aromatic nitrogens is 8. The first kappa shape index (κ1) is 40.4. The Labute approximate surface area is 349 Å². The molecule has 0 unspecified atom stereocenters. The van der Waals surface area contributed by atoms with Crippen LogP contribution in [0.3, 0.4) is 0 Å². The number of hydrogen-bond acceptors (Lipinski definition) is 9. The van der Waals surface area contributed by atoms with Gasteiger partial charge in [-0.15, -0.1) is 0 Å². The number of carboxylic acid groups (broad SMARTS) is 1. The van der Waals surface area contributed by atoms with Crippen LogP contribution >= 0.6 is 0 Å². The van der Waals surface area contributed by atoms with Crippen molar-refractivity contribution in [3.8, 4) is 11.4 Å². The fraction of sp³-hybridized carbons (Fsp3) is 0.227. The van der Waals surface area contributed by atoms with Gasteiger partial charge in [-0.05, 0) is 112 Å². The lowest BCUT2D eigenvalue weighted by molar-refractivity contribution is 0.0689. The van der Waals surface area contributed by atoms with E-state index in [0.29, 0.717) is 23.6 Å².